The van der Waals surface area contributed by atoms with E-state index in [0.717, 1.165) is 5.56 Å². The largest absolute Gasteiger partial charge is 0.399 e. The number of nitrogens with two attached hydrogens (primary N) is 2. The number of amides is 2. The van der Waals surface area contributed by atoms with Gasteiger partial charge in [-0.05, 0) is 23.6 Å². The van der Waals surface area contributed by atoms with Crippen molar-refractivity contribution in [2.24, 2.45) is 17.6 Å². The molecule has 0 aromatic heterocycles. The molecule has 5 nitrogen and oxygen atoms in total. The Morgan fingerprint density at radius 1 is 1.25 bits per heavy atom. The van der Waals surface area contributed by atoms with E-state index in [2.05, 4.69) is 0 Å². The number of hydrogen-bond acceptors (Lipinski definition) is 3. The van der Waals surface area contributed by atoms with Gasteiger partial charge in [-0.2, -0.15) is 0 Å². The molecular formula is C15H23N3O2. The summed E-state index contributed by atoms with van der Waals surface area (Å²) in [6.45, 7) is 6.08. The van der Waals surface area contributed by atoms with Gasteiger partial charge in [-0.3, -0.25) is 9.59 Å². The van der Waals surface area contributed by atoms with E-state index in [9.17, 15) is 9.59 Å². The monoisotopic (exact) mass is 277 g/mol. The molecule has 1 aromatic rings. The Morgan fingerprint density at radius 2 is 1.90 bits per heavy atom. The first-order valence-electron chi connectivity index (χ1n) is 6.72. The van der Waals surface area contributed by atoms with Crippen LogP contribution >= 0.6 is 0 Å². The van der Waals surface area contributed by atoms with E-state index in [4.69, 9.17) is 11.5 Å². The van der Waals surface area contributed by atoms with Crippen molar-refractivity contribution in [3.63, 3.8) is 0 Å². The number of benzene rings is 1. The van der Waals surface area contributed by atoms with Crippen LogP contribution in [0.2, 0.25) is 0 Å². The first-order valence-corrected chi connectivity index (χ1v) is 6.72. The molecule has 0 aliphatic heterocycles. The number of carbonyl (C=O) groups excluding carboxylic acids is 2. The van der Waals surface area contributed by atoms with E-state index in [0.29, 0.717) is 12.2 Å². The predicted octanol–water partition coefficient (Wildman–Crippen LogP) is 1.37. The molecule has 20 heavy (non-hydrogen) atoms. The minimum atomic E-state index is -0.516. The normalized spacial score (nSPS) is 12.2. The number of nitrogen functional groups attached to an aromatic ring is 1. The highest BCUT2D eigenvalue weighted by molar-refractivity contribution is 5.85. The lowest BCUT2D eigenvalue weighted by Gasteiger charge is -2.26. The van der Waals surface area contributed by atoms with Gasteiger partial charge in [0.1, 0.15) is 0 Å². The molecular weight excluding hydrogens is 254 g/mol. The summed E-state index contributed by atoms with van der Waals surface area (Å²) in [6.07, 6.45) is 0. The van der Waals surface area contributed by atoms with Crippen LogP contribution in [-0.4, -0.2) is 23.3 Å². The fourth-order valence-electron chi connectivity index (χ4n) is 1.88. The van der Waals surface area contributed by atoms with Gasteiger partial charge in [0.2, 0.25) is 11.8 Å². The molecule has 5 heteroatoms. The molecule has 4 N–H and O–H groups in total. The van der Waals surface area contributed by atoms with Gasteiger partial charge in [0, 0.05) is 18.2 Å². The number of nitrogens with zero attached hydrogens (tertiary/aromatic N) is 1. The second kappa shape index (κ2) is 6.93. The highest BCUT2D eigenvalue weighted by Crippen LogP contribution is 2.16. The molecule has 0 bridgehead atoms. The van der Waals surface area contributed by atoms with E-state index >= 15 is 0 Å². The minimum absolute atomic E-state index is 0.0683. The molecule has 0 spiro atoms. The van der Waals surface area contributed by atoms with Gasteiger partial charge in [-0.1, -0.05) is 32.9 Å². The summed E-state index contributed by atoms with van der Waals surface area (Å²) >= 11 is 0. The molecule has 1 rings (SSSR count). The molecule has 110 valence electrons. The quantitative estimate of drug-likeness (QED) is 0.770. The molecule has 0 aliphatic carbocycles. The Kier molecular flexibility index (Phi) is 5.55. The summed E-state index contributed by atoms with van der Waals surface area (Å²) in [6, 6.07) is 7.27. The third-order valence-corrected chi connectivity index (χ3v) is 3.37. The molecule has 0 saturated carbocycles. The summed E-state index contributed by atoms with van der Waals surface area (Å²) in [4.78, 5) is 25.1. The molecule has 0 aliphatic rings. The lowest BCUT2D eigenvalue weighted by molar-refractivity contribution is -0.140. The lowest BCUT2D eigenvalue weighted by Crippen LogP contribution is -2.41. The standard InChI is InChI=1S/C15H23N3O2/c1-10(2)11(3)15(20)18(9-14(17)19)8-12-5-4-6-13(16)7-12/h4-7,10-11H,8-9,16H2,1-3H3,(H2,17,19). The summed E-state index contributed by atoms with van der Waals surface area (Å²) in [5, 5.41) is 0. The van der Waals surface area contributed by atoms with Crippen molar-refractivity contribution < 1.29 is 9.59 Å². The van der Waals surface area contributed by atoms with Crippen LogP contribution in [0.15, 0.2) is 24.3 Å². The summed E-state index contributed by atoms with van der Waals surface area (Å²) < 4.78 is 0. The van der Waals surface area contributed by atoms with Gasteiger partial charge in [0.15, 0.2) is 0 Å². The molecule has 1 unspecified atom stereocenters. The van der Waals surface area contributed by atoms with Crippen molar-refractivity contribution in [3.8, 4) is 0 Å². The second-order valence-electron chi connectivity index (χ2n) is 5.44. The smallest absolute Gasteiger partial charge is 0.237 e. The van der Waals surface area contributed by atoms with Crippen molar-refractivity contribution in [1.29, 1.82) is 0 Å². The molecule has 0 fully saturated rings. The number of rotatable bonds is 6. The average molecular weight is 277 g/mol. The van der Waals surface area contributed by atoms with Gasteiger partial charge < -0.3 is 16.4 Å². The summed E-state index contributed by atoms with van der Waals surface area (Å²) in [5.74, 6) is -0.534. The van der Waals surface area contributed by atoms with Crippen LogP contribution in [0, 0.1) is 11.8 Å². The maximum absolute atomic E-state index is 12.4. The number of carbonyl (C=O) groups is 2. The van der Waals surface area contributed by atoms with Gasteiger partial charge in [-0.25, -0.2) is 0 Å². The Morgan fingerprint density at radius 3 is 2.40 bits per heavy atom. The number of primary amides is 1. The van der Waals surface area contributed by atoms with Crippen molar-refractivity contribution in [2.75, 3.05) is 12.3 Å². The van der Waals surface area contributed by atoms with Crippen LogP contribution in [0.3, 0.4) is 0 Å². The lowest BCUT2D eigenvalue weighted by atomic mass is 9.96. The topological polar surface area (TPSA) is 89.4 Å². The van der Waals surface area contributed by atoms with E-state index in [-0.39, 0.29) is 24.3 Å². The van der Waals surface area contributed by atoms with Gasteiger partial charge in [-0.15, -0.1) is 0 Å². The fraction of sp³-hybridized carbons (Fsp3) is 0.467. The second-order valence-corrected chi connectivity index (χ2v) is 5.44. The zero-order valence-corrected chi connectivity index (χ0v) is 12.3. The average Bonchev–Trinajstić information content (AvgIpc) is 2.35. The first kappa shape index (κ1) is 16.0. The zero-order valence-electron chi connectivity index (χ0n) is 12.3. The van der Waals surface area contributed by atoms with Crippen molar-refractivity contribution >= 4 is 17.5 Å². The van der Waals surface area contributed by atoms with Crippen LogP contribution in [-0.2, 0) is 16.1 Å². The Labute approximate surface area is 119 Å². The van der Waals surface area contributed by atoms with Crippen LogP contribution in [0.4, 0.5) is 5.69 Å². The molecule has 0 radical (unpaired) electrons. The van der Waals surface area contributed by atoms with Crippen molar-refractivity contribution in [2.45, 2.75) is 27.3 Å². The van der Waals surface area contributed by atoms with E-state index in [1.807, 2.05) is 32.9 Å². The summed E-state index contributed by atoms with van der Waals surface area (Å²) in [5.41, 5.74) is 12.5. The van der Waals surface area contributed by atoms with E-state index in [1.165, 1.54) is 4.90 Å². The van der Waals surface area contributed by atoms with Gasteiger partial charge in [0.25, 0.3) is 0 Å². The van der Waals surface area contributed by atoms with Crippen molar-refractivity contribution in [3.05, 3.63) is 29.8 Å². The zero-order chi connectivity index (χ0) is 15.3. The SMILES string of the molecule is CC(C)C(C)C(=O)N(CC(N)=O)Cc1cccc(N)c1. The highest BCUT2D eigenvalue weighted by Gasteiger charge is 2.24. The van der Waals surface area contributed by atoms with Gasteiger partial charge >= 0.3 is 0 Å². The Balaban J connectivity index is 2.89. The molecule has 0 heterocycles. The Hall–Kier alpha value is -2.04. The third-order valence-electron chi connectivity index (χ3n) is 3.37. The molecule has 2 amide bonds. The number of anilines is 1. The van der Waals surface area contributed by atoms with Crippen LogP contribution in [0.25, 0.3) is 0 Å². The Bertz CT molecular complexity index is 486. The number of hydrogen-bond donors (Lipinski definition) is 2. The summed E-state index contributed by atoms with van der Waals surface area (Å²) in [7, 11) is 0. The highest BCUT2D eigenvalue weighted by atomic mass is 16.2. The van der Waals surface area contributed by atoms with E-state index in [1.54, 1.807) is 12.1 Å². The van der Waals surface area contributed by atoms with Crippen LogP contribution in [0.5, 0.6) is 0 Å². The predicted molar refractivity (Wildman–Crippen MR) is 79.5 cm³/mol. The molecule has 0 saturated heterocycles. The maximum Gasteiger partial charge on any atom is 0.237 e. The third kappa shape index (κ3) is 4.57. The van der Waals surface area contributed by atoms with Crippen LogP contribution < -0.4 is 11.5 Å². The van der Waals surface area contributed by atoms with E-state index < -0.39 is 5.91 Å². The molecule has 1 atom stereocenters. The van der Waals surface area contributed by atoms with Crippen molar-refractivity contribution in [1.82, 2.24) is 4.90 Å². The fourth-order valence-corrected chi connectivity index (χ4v) is 1.88. The van der Waals surface area contributed by atoms with Crippen LogP contribution in [0.1, 0.15) is 26.3 Å². The first-order chi connectivity index (χ1) is 9.31. The maximum atomic E-state index is 12.4. The van der Waals surface area contributed by atoms with Gasteiger partial charge in [0.05, 0.1) is 6.54 Å². The molecule has 1 aromatic carbocycles. The minimum Gasteiger partial charge on any atom is -0.399 e.